The predicted molar refractivity (Wildman–Crippen MR) is 155 cm³/mol. The number of ether oxygens (including phenoxy) is 1. The maximum Gasteiger partial charge on any atom is 0.130 e. The third-order valence-corrected chi connectivity index (χ3v) is 7.62. The molecule has 0 radical (unpaired) electrons. The quantitative estimate of drug-likeness (QED) is 0.292. The zero-order chi connectivity index (χ0) is 26.3. The van der Waals surface area contributed by atoms with Crippen LogP contribution >= 0.6 is 0 Å². The zero-order valence-electron chi connectivity index (χ0n) is 22.4. The molecular weight excluding hydrogens is 470 g/mol. The van der Waals surface area contributed by atoms with E-state index in [1.54, 1.807) is 6.20 Å². The van der Waals surface area contributed by atoms with Crippen molar-refractivity contribution in [2.45, 2.75) is 19.4 Å². The summed E-state index contributed by atoms with van der Waals surface area (Å²) in [4.78, 5) is 13.5. The highest BCUT2D eigenvalue weighted by molar-refractivity contribution is 5.76. The smallest absolute Gasteiger partial charge is 0.130 e. The van der Waals surface area contributed by atoms with Crippen LogP contribution in [-0.2, 0) is 5.54 Å². The number of hydrogen-bond acceptors (Lipinski definition) is 6. The molecule has 2 aliphatic heterocycles. The second-order valence-electron chi connectivity index (χ2n) is 10.6. The molecule has 0 saturated heterocycles. The number of para-hydroxylation sites is 1. The van der Waals surface area contributed by atoms with E-state index in [1.165, 1.54) is 11.3 Å². The Hall–Kier alpha value is -4.29. The first-order chi connectivity index (χ1) is 18.4. The van der Waals surface area contributed by atoms with Crippen molar-refractivity contribution in [3.05, 3.63) is 109 Å². The Morgan fingerprint density at radius 1 is 0.763 bits per heavy atom. The van der Waals surface area contributed by atoms with Crippen LogP contribution in [0.4, 0.5) is 17.1 Å². The van der Waals surface area contributed by atoms with E-state index in [0.717, 1.165) is 47.3 Å². The number of pyridine rings is 1. The van der Waals surface area contributed by atoms with Gasteiger partial charge in [-0.3, -0.25) is 9.88 Å². The van der Waals surface area contributed by atoms with Gasteiger partial charge >= 0.3 is 0 Å². The molecule has 192 valence electrons. The zero-order valence-corrected chi connectivity index (χ0v) is 22.4. The molecule has 0 atom stereocenters. The van der Waals surface area contributed by atoms with Crippen molar-refractivity contribution in [2.75, 3.05) is 37.2 Å². The molecule has 0 amide bonds. The number of anilines is 3. The van der Waals surface area contributed by atoms with Crippen LogP contribution in [-0.4, -0.2) is 42.2 Å². The number of aromatic nitrogens is 1. The van der Waals surface area contributed by atoms with Crippen LogP contribution in [0.2, 0.25) is 0 Å². The molecule has 1 aromatic heterocycles. The number of benzene rings is 3. The normalized spacial score (nSPS) is 16.6. The summed E-state index contributed by atoms with van der Waals surface area (Å²) in [7, 11) is 4.25. The summed E-state index contributed by atoms with van der Waals surface area (Å²) in [6, 6.07) is 27.5. The first-order valence-electron chi connectivity index (χ1n) is 13.0. The van der Waals surface area contributed by atoms with Gasteiger partial charge in [0.2, 0.25) is 0 Å². The lowest BCUT2D eigenvalue weighted by molar-refractivity contribution is 0.150. The third kappa shape index (κ3) is 4.48. The van der Waals surface area contributed by atoms with E-state index in [-0.39, 0.29) is 5.54 Å². The summed E-state index contributed by atoms with van der Waals surface area (Å²) in [5.41, 5.74) is 6.76. The third-order valence-electron chi connectivity index (χ3n) is 7.62. The molecule has 0 fully saturated rings. The minimum atomic E-state index is -0.0636. The SMILES string of the molecule is CN1C=CN(c2cccc(Oc3cc(-c4cccnc4)cc(N4CN(C)C(C)(C)c5ccccc54)c3)c2)C1. The Balaban J connectivity index is 1.41. The maximum absolute atomic E-state index is 6.53. The van der Waals surface area contributed by atoms with Gasteiger partial charge in [0, 0.05) is 72.1 Å². The Kier molecular flexibility index (Phi) is 6.04. The Morgan fingerprint density at radius 3 is 2.39 bits per heavy atom. The molecule has 3 aromatic carbocycles. The van der Waals surface area contributed by atoms with Gasteiger partial charge in [-0.1, -0.05) is 30.3 Å². The van der Waals surface area contributed by atoms with E-state index >= 15 is 0 Å². The summed E-state index contributed by atoms with van der Waals surface area (Å²) in [6.45, 7) is 6.15. The topological polar surface area (TPSA) is 35.1 Å². The van der Waals surface area contributed by atoms with Gasteiger partial charge < -0.3 is 19.4 Å². The van der Waals surface area contributed by atoms with Crippen molar-refractivity contribution in [1.29, 1.82) is 0 Å². The molecule has 0 unspecified atom stereocenters. The molecule has 6 nitrogen and oxygen atoms in total. The Labute approximate surface area is 225 Å². The van der Waals surface area contributed by atoms with Crippen LogP contribution in [0.15, 0.2) is 104 Å². The fourth-order valence-electron chi connectivity index (χ4n) is 5.17. The molecule has 2 aliphatic rings. The lowest BCUT2D eigenvalue weighted by atomic mass is 9.88. The molecule has 0 saturated carbocycles. The molecule has 6 rings (SSSR count). The maximum atomic E-state index is 6.53. The van der Waals surface area contributed by atoms with Gasteiger partial charge in [0.1, 0.15) is 11.5 Å². The van der Waals surface area contributed by atoms with Gasteiger partial charge in [-0.05, 0) is 68.4 Å². The second kappa shape index (κ2) is 9.54. The monoisotopic (exact) mass is 503 g/mol. The van der Waals surface area contributed by atoms with Crippen molar-refractivity contribution < 1.29 is 4.74 Å². The largest absolute Gasteiger partial charge is 0.457 e. The van der Waals surface area contributed by atoms with Gasteiger partial charge in [-0.15, -0.1) is 0 Å². The highest BCUT2D eigenvalue weighted by Gasteiger charge is 2.35. The molecular formula is C32H33N5O. The summed E-state index contributed by atoms with van der Waals surface area (Å²) in [6.07, 6.45) is 7.87. The van der Waals surface area contributed by atoms with Crippen LogP contribution in [0.1, 0.15) is 19.4 Å². The van der Waals surface area contributed by atoms with Crippen molar-refractivity contribution in [3.63, 3.8) is 0 Å². The first kappa shape index (κ1) is 24.1. The van der Waals surface area contributed by atoms with Crippen molar-refractivity contribution in [2.24, 2.45) is 0 Å². The van der Waals surface area contributed by atoms with Crippen LogP contribution in [0.25, 0.3) is 11.1 Å². The lowest BCUT2D eigenvalue weighted by Crippen LogP contribution is -2.49. The fraction of sp³-hybridized carbons (Fsp3) is 0.219. The van der Waals surface area contributed by atoms with Crippen molar-refractivity contribution >= 4 is 17.1 Å². The van der Waals surface area contributed by atoms with E-state index in [4.69, 9.17) is 4.74 Å². The van der Waals surface area contributed by atoms with E-state index in [2.05, 4.69) is 126 Å². The van der Waals surface area contributed by atoms with E-state index in [0.29, 0.717) is 0 Å². The molecule has 0 bridgehead atoms. The van der Waals surface area contributed by atoms with E-state index < -0.39 is 0 Å². The van der Waals surface area contributed by atoms with Gasteiger partial charge in [-0.25, -0.2) is 0 Å². The first-order valence-corrected chi connectivity index (χ1v) is 13.0. The molecule has 3 heterocycles. The average Bonchev–Trinajstić information content (AvgIpc) is 3.38. The minimum Gasteiger partial charge on any atom is -0.457 e. The van der Waals surface area contributed by atoms with Crippen LogP contribution in [0.5, 0.6) is 11.5 Å². The molecule has 6 heteroatoms. The molecule has 38 heavy (non-hydrogen) atoms. The predicted octanol–water partition coefficient (Wildman–Crippen LogP) is 7.00. The van der Waals surface area contributed by atoms with Crippen LogP contribution in [0, 0.1) is 0 Å². The molecule has 0 spiro atoms. The Bertz CT molecular complexity index is 1480. The highest BCUT2D eigenvalue weighted by atomic mass is 16.5. The van der Waals surface area contributed by atoms with Crippen LogP contribution in [0.3, 0.4) is 0 Å². The van der Waals surface area contributed by atoms with E-state index in [1.807, 2.05) is 24.4 Å². The molecule has 4 aromatic rings. The number of nitrogens with zero attached hydrogens (tertiary/aromatic N) is 5. The summed E-state index contributed by atoms with van der Waals surface area (Å²) < 4.78 is 6.53. The standard InChI is InChI=1S/C32H33N5O/c1-32(2)30-12-5-6-13-31(30)37(23-35(32)4)27-17-25(24-9-8-14-33-21-24)18-29(20-27)38-28-11-7-10-26(19-28)36-16-15-34(3)22-36/h5-21H,22-23H2,1-4H3. The highest BCUT2D eigenvalue weighted by Crippen LogP contribution is 2.44. The summed E-state index contributed by atoms with van der Waals surface area (Å²) in [5.74, 6) is 1.59. The summed E-state index contributed by atoms with van der Waals surface area (Å²) >= 11 is 0. The number of fused-ring (bicyclic) bond motifs is 1. The van der Waals surface area contributed by atoms with Crippen molar-refractivity contribution in [3.8, 4) is 22.6 Å². The number of hydrogen-bond donors (Lipinski definition) is 0. The van der Waals surface area contributed by atoms with Crippen molar-refractivity contribution in [1.82, 2.24) is 14.8 Å². The van der Waals surface area contributed by atoms with Gasteiger partial charge in [0.15, 0.2) is 0 Å². The van der Waals surface area contributed by atoms with Gasteiger partial charge in [0.05, 0.1) is 13.3 Å². The van der Waals surface area contributed by atoms with Crippen LogP contribution < -0.4 is 14.5 Å². The fourth-order valence-corrected chi connectivity index (χ4v) is 5.17. The molecule has 0 N–H and O–H groups in total. The Morgan fingerprint density at radius 2 is 1.61 bits per heavy atom. The lowest BCUT2D eigenvalue weighted by Gasteiger charge is -2.47. The minimum absolute atomic E-state index is 0.0636. The summed E-state index contributed by atoms with van der Waals surface area (Å²) in [5, 5.41) is 0. The number of rotatable bonds is 5. The molecule has 0 aliphatic carbocycles. The van der Waals surface area contributed by atoms with E-state index in [9.17, 15) is 0 Å². The van der Waals surface area contributed by atoms with Gasteiger partial charge in [-0.2, -0.15) is 0 Å². The van der Waals surface area contributed by atoms with Gasteiger partial charge in [0.25, 0.3) is 0 Å². The second-order valence-corrected chi connectivity index (χ2v) is 10.6. The average molecular weight is 504 g/mol.